The maximum Gasteiger partial charge on any atom is 0.266 e. The van der Waals surface area contributed by atoms with E-state index in [0.717, 1.165) is 16.4 Å². The van der Waals surface area contributed by atoms with Gasteiger partial charge in [-0.3, -0.25) is 0 Å². The zero-order chi connectivity index (χ0) is 8.55. The molecule has 2 aromatic rings. The van der Waals surface area contributed by atoms with E-state index in [1.165, 1.54) is 5.56 Å². The first-order valence-electron chi connectivity index (χ1n) is 3.47. The first-order chi connectivity index (χ1) is 5.79. The van der Waals surface area contributed by atoms with E-state index in [1.807, 2.05) is 18.2 Å². The van der Waals surface area contributed by atoms with Gasteiger partial charge in [0, 0.05) is 5.33 Å². The van der Waals surface area contributed by atoms with Gasteiger partial charge >= 0.3 is 0 Å². The molecule has 62 valence electrons. The second-order valence-corrected chi connectivity index (χ2v) is 3.41. The summed E-state index contributed by atoms with van der Waals surface area (Å²) in [5, 5.41) is 0.842. The Balaban J connectivity index is 2.74. The molecule has 4 heteroatoms. The Bertz CT molecular complexity index is 459. The summed E-state index contributed by atoms with van der Waals surface area (Å²) in [4.78, 5) is 3.39. The number of aromatic amines is 1. The topological polar surface area (TPSA) is 28.9 Å². The van der Waals surface area contributed by atoms with Crippen molar-refractivity contribution in [1.29, 1.82) is 0 Å². The molecule has 1 heterocycles. The van der Waals surface area contributed by atoms with Crippen LogP contribution in [0.5, 0.6) is 0 Å². The number of fused-ring (bicyclic) bond motifs is 1. The van der Waals surface area contributed by atoms with Gasteiger partial charge in [0.1, 0.15) is 0 Å². The maximum absolute atomic E-state index is 5.21. The van der Waals surface area contributed by atoms with Gasteiger partial charge in [-0.25, -0.2) is 0 Å². The lowest BCUT2D eigenvalue weighted by Gasteiger charge is -1.92. The van der Waals surface area contributed by atoms with Crippen LogP contribution in [0.25, 0.3) is 11.1 Å². The number of nitrogens with one attached hydrogen (secondary N) is 1. The van der Waals surface area contributed by atoms with E-state index in [9.17, 15) is 0 Å². The monoisotopic (exact) mass is 243 g/mol. The van der Waals surface area contributed by atoms with Gasteiger partial charge in [0.05, 0.1) is 5.52 Å². The SMILES string of the molecule is S=c1[nH]c2cc(CBr)ccc2o1. The van der Waals surface area contributed by atoms with E-state index in [0.29, 0.717) is 4.84 Å². The lowest BCUT2D eigenvalue weighted by atomic mass is 10.2. The van der Waals surface area contributed by atoms with Crippen LogP contribution in [0.2, 0.25) is 0 Å². The van der Waals surface area contributed by atoms with E-state index in [4.69, 9.17) is 16.6 Å². The molecule has 0 unspecified atom stereocenters. The van der Waals surface area contributed by atoms with Gasteiger partial charge in [0.25, 0.3) is 4.84 Å². The number of aromatic nitrogens is 1. The second-order valence-electron chi connectivity index (χ2n) is 2.48. The van der Waals surface area contributed by atoms with Crippen LogP contribution in [0.1, 0.15) is 5.56 Å². The predicted molar refractivity (Wildman–Crippen MR) is 54.0 cm³/mol. The zero-order valence-electron chi connectivity index (χ0n) is 6.13. The first-order valence-corrected chi connectivity index (χ1v) is 5.00. The lowest BCUT2D eigenvalue weighted by Crippen LogP contribution is -1.75. The van der Waals surface area contributed by atoms with Gasteiger partial charge in [0.2, 0.25) is 0 Å². The summed E-state index contributed by atoms with van der Waals surface area (Å²) in [7, 11) is 0. The molecule has 0 atom stereocenters. The fourth-order valence-corrected chi connectivity index (χ4v) is 1.63. The van der Waals surface area contributed by atoms with Crippen molar-refractivity contribution in [1.82, 2.24) is 4.98 Å². The number of H-pyrrole nitrogens is 1. The van der Waals surface area contributed by atoms with Gasteiger partial charge in [-0.15, -0.1) is 0 Å². The van der Waals surface area contributed by atoms with Gasteiger partial charge in [-0.05, 0) is 29.9 Å². The smallest absolute Gasteiger partial charge is 0.266 e. The van der Waals surface area contributed by atoms with Crippen LogP contribution in [0.3, 0.4) is 0 Å². The zero-order valence-corrected chi connectivity index (χ0v) is 8.54. The van der Waals surface area contributed by atoms with Crippen molar-refractivity contribution >= 4 is 39.2 Å². The van der Waals surface area contributed by atoms with Crippen LogP contribution in [0.15, 0.2) is 22.6 Å². The molecule has 0 saturated heterocycles. The van der Waals surface area contributed by atoms with Crippen LogP contribution < -0.4 is 0 Å². The molecule has 0 aliphatic heterocycles. The Morgan fingerprint density at radius 3 is 3.08 bits per heavy atom. The first kappa shape index (κ1) is 8.01. The summed E-state index contributed by atoms with van der Waals surface area (Å²) in [6.45, 7) is 0. The average molecular weight is 244 g/mol. The number of rotatable bonds is 1. The molecule has 2 nitrogen and oxygen atoms in total. The number of halogens is 1. The molecule has 1 aromatic carbocycles. The lowest BCUT2D eigenvalue weighted by molar-refractivity contribution is 0.583. The summed E-state index contributed by atoms with van der Waals surface area (Å²) in [6, 6.07) is 5.94. The van der Waals surface area contributed by atoms with Gasteiger partial charge in [0.15, 0.2) is 5.58 Å². The Labute approximate surface area is 82.7 Å². The van der Waals surface area contributed by atoms with Crippen molar-refractivity contribution in [2.75, 3.05) is 0 Å². The molecule has 0 saturated carbocycles. The fourth-order valence-electron chi connectivity index (χ4n) is 1.08. The van der Waals surface area contributed by atoms with E-state index >= 15 is 0 Å². The fraction of sp³-hybridized carbons (Fsp3) is 0.125. The summed E-state index contributed by atoms with van der Waals surface area (Å²) in [5.41, 5.74) is 2.97. The molecule has 1 aromatic heterocycles. The van der Waals surface area contributed by atoms with Crippen LogP contribution in [0, 0.1) is 4.84 Å². The molecule has 0 radical (unpaired) electrons. The van der Waals surface area contributed by atoms with Crippen molar-refractivity contribution in [3.8, 4) is 0 Å². The van der Waals surface area contributed by atoms with Gasteiger partial charge < -0.3 is 9.40 Å². The Morgan fingerprint density at radius 2 is 2.33 bits per heavy atom. The minimum atomic E-state index is 0.428. The summed E-state index contributed by atoms with van der Waals surface area (Å²) < 4.78 is 5.21. The third-order valence-corrected chi connectivity index (χ3v) is 2.47. The van der Waals surface area contributed by atoms with E-state index in [2.05, 4.69) is 20.9 Å². The number of alkyl halides is 1. The molecule has 0 fully saturated rings. The molecule has 0 aliphatic rings. The number of oxazole rings is 1. The second kappa shape index (κ2) is 3.03. The minimum Gasteiger partial charge on any atom is -0.429 e. The normalized spacial score (nSPS) is 10.8. The van der Waals surface area contributed by atoms with Crippen LogP contribution >= 0.6 is 28.1 Å². The molecular weight excluding hydrogens is 238 g/mol. The van der Waals surface area contributed by atoms with Crippen LogP contribution in [-0.2, 0) is 5.33 Å². The van der Waals surface area contributed by atoms with Crippen molar-refractivity contribution < 1.29 is 4.42 Å². The summed E-state index contributed by atoms with van der Waals surface area (Å²) in [6.07, 6.45) is 0. The highest BCUT2D eigenvalue weighted by molar-refractivity contribution is 9.08. The largest absolute Gasteiger partial charge is 0.429 e. The highest BCUT2D eigenvalue weighted by Gasteiger charge is 1.98. The van der Waals surface area contributed by atoms with E-state index in [1.54, 1.807) is 0 Å². The van der Waals surface area contributed by atoms with Gasteiger partial charge in [-0.1, -0.05) is 22.0 Å². The molecule has 0 aliphatic carbocycles. The average Bonchev–Trinajstić information content (AvgIpc) is 2.43. The van der Waals surface area contributed by atoms with Crippen LogP contribution in [-0.4, -0.2) is 4.98 Å². The molecule has 12 heavy (non-hydrogen) atoms. The third-order valence-electron chi connectivity index (χ3n) is 1.64. The van der Waals surface area contributed by atoms with E-state index < -0.39 is 0 Å². The molecule has 0 spiro atoms. The maximum atomic E-state index is 5.21. The van der Waals surface area contributed by atoms with Crippen LogP contribution in [0.4, 0.5) is 0 Å². The molecule has 0 bridgehead atoms. The Hall–Kier alpha value is -0.610. The Morgan fingerprint density at radius 1 is 1.50 bits per heavy atom. The van der Waals surface area contributed by atoms with E-state index in [-0.39, 0.29) is 0 Å². The van der Waals surface area contributed by atoms with Crippen molar-refractivity contribution in [2.24, 2.45) is 0 Å². The van der Waals surface area contributed by atoms with Gasteiger partial charge in [-0.2, -0.15) is 0 Å². The molecular formula is C8H6BrNOS. The number of benzene rings is 1. The number of hydrogen-bond donors (Lipinski definition) is 1. The molecule has 1 N–H and O–H groups in total. The summed E-state index contributed by atoms with van der Waals surface area (Å²) >= 11 is 8.24. The van der Waals surface area contributed by atoms with Crippen molar-refractivity contribution in [2.45, 2.75) is 5.33 Å². The quantitative estimate of drug-likeness (QED) is 0.615. The highest BCUT2D eigenvalue weighted by Crippen LogP contribution is 2.16. The summed E-state index contributed by atoms with van der Waals surface area (Å²) in [5.74, 6) is 0. The molecule has 2 rings (SSSR count). The Kier molecular flexibility index (Phi) is 2.02. The minimum absolute atomic E-state index is 0.428. The predicted octanol–water partition coefficient (Wildman–Crippen LogP) is 3.39. The number of hydrogen-bond acceptors (Lipinski definition) is 2. The highest BCUT2D eigenvalue weighted by atomic mass is 79.9. The van der Waals surface area contributed by atoms with Crippen molar-refractivity contribution in [3.05, 3.63) is 28.6 Å². The molecule has 0 amide bonds. The third kappa shape index (κ3) is 1.32. The standard InChI is InChI=1S/C8H6BrNOS/c9-4-5-1-2-7-6(3-5)10-8(12)11-7/h1-3H,4H2,(H,10,12). The van der Waals surface area contributed by atoms with Crippen molar-refractivity contribution in [3.63, 3.8) is 0 Å².